The fraction of sp³-hybridized carbons (Fsp3) is 0.776. The van der Waals surface area contributed by atoms with Crippen LogP contribution in [0.2, 0.25) is 0 Å². The van der Waals surface area contributed by atoms with Gasteiger partial charge in [-0.15, -0.1) is 0 Å². The zero-order valence-corrected chi connectivity index (χ0v) is 39.2. The van der Waals surface area contributed by atoms with Crippen LogP contribution in [0.3, 0.4) is 0 Å². The van der Waals surface area contributed by atoms with Gasteiger partial charge in [0, 0.05) is 13.0 Å². The summed E-state index contributed by atoms with van der Waals surface area (Å²) in [6.07, 6.45) is 41.0. The number of aliphatic hydroxyl groups excluding tert-OH is 3. The molecule has 1 aliphatic heterocycles. The maximum absolute atomic E-state index is 12.9. The largest absolute Gasteiger partial charge is 0.457 e. The number of ether oxygens (including phenoxy) is 4. The van der Waals surface area contributed by atoms with Crippen molar-refractivity contribution in [2.24, 2.45) is 0 Å². The molecule has 360 valence electrons. The first-order valence-electron chi connectivity index (χ1n) is 24.0. The molecule has 0 bridgehead atoms. The predicted octanol–water partition coefficient (Wildman–Crippen LogP) is 10.5. The molecule has 1 aliphatic rings. The minimum absolute atomic E-state index is 0.0207. The number of hydrogen-bond acceptors (Lipinski definition) is 11. The van der Waals surface area contributed by atoms with Gasteiger partial charge in [-0.1, -0.05) is 158 Å². The van der Waals surface area contributed by atoms with E-state index in [4.69, 9.17) is 23.5 Å². The molecule has 62 heavy (non-hydrogen) atoms. The Bertz CT molecular complexity index is 1310. The van der Waals surface area contributed by atoms with Crippen LogP contribution >= 0.6 is 0 Å². The Kier molecular flexibility index (Phi) is 37.6. The van der Waals surface area contributed by atoms with E-state index < -0.39 is 59.8 Å². The van der Waals surface area contributed by atoms with Crippen molar-refractivity contribution < 1.29 is 56.2 Å². The van der Waals surface area contributed by atoms with Crippen LogP contribution in [-0.2, 0) is 38.3 Å². The van der Waals surface area contributed by atoms with Gasteiger partial charge in [-0.25, -0.2) is 4.18 Å². The average Bonchev–Trinajstić information content (AvgIpc) is 3.24. The van der Waals surface area contributed by atoms with E-state index in [1.165, 1.54) is 57.8 Å². The van der Waals surface area contributed by atoms with Crippen LogP contribution < -0.4 is 0 Å². The first kappa shape index (κ1) is 57.8. The monoisotopic (exact) mass is 899 g/mol. The van der Waals surface area contributed by atoms with Crippen LogP contribution in [0.25, 0.3) is 0 Å². The van der Waals surface area contributed by atoms with Gasteiger partial charge in [0.1, 0.15) is 30.5 Å². The standard InChI is InChI=1S/C49H86O12S/c1-3-5-7-9-11-13-15-17-19-20-21-22-23-24-25-26-28-30-32-34-36-38-45(51)59-43(41-57-39-37-35-33-31-29-27-18-16-14-12-10-8-6-4-2)42-58-49-47(53)48(61-62(54,55)56)46(52)44(40-50)60-49/h8,10,14-17,20-21,23-24,43-44,46-50,52-53H,3-7,9,11-13,18-19,22,25-42H2,1-2H3,(H,54,55,56)/b10-8-,16-14-,17-15-,21-20-,24-23-. The smallest absolute Gasteiger partial charge is 0.397 e. The molecule has 0 saturated carbocycles. The number of aliphatic hydroxyl groups is 3. The van der Waals surface area contributed by atoms with E-state index in [0.29, 0.717) is 13.0 Å². The van der Waals surface area contributed by atoms with Gasteiger partial charge in [0.2, 0.25) is 0 Å². The van der Waals surface area contributed by atoms with E-state index in [-0.39, 0.29) is 19.6 Å². The van der Waals surface area contributed by atoms with Crippen LogP contribution in [0, 0.1) is 0 Å². The van der Waals surface area contributed by atoms with Gasteiger partial charge < -0.3 is 34.3 Å². The molecule has 0 spiro atoms. The Hall–Kier alpha value is -2.20. The summed E-state index contributed by atoms with van der Waals surface area (Å²) in [6.45, 7) is 3.87. The van der Waals surface area contributed by atoms with E-state index in [9.17, 15) is 28.5 Å². The Morgan fingerprint density at radius 2 is 1.10 bits per heavy atom. The summed E-state index contributed by atoms with van der Waals surface area (Å²) >= 11 is 0. The van der Waals surface area contributed by atoms with E-state index in [2.05, 4.69) is 78.8 Å². The number of allylic oxidation sites excluding steroid dienone is 10. The van der Waals surface area contributed by atoms with Crippen molar-refractivity contribution in [2.75, 3.05) is 26.4 Å². The van der Waals surface area contributed by atoms with Crippen LogP contribution in [0.4, 0.5) is 0 Å². The molecule has 0 aliphatic carbocycles. The molecular weight excluding hydrogens is 813 g/mol. The first-order chi connectivity index (χ1) is 30.1. The Balaban J connectivity index is 2.41. The number of carbonyl (C=O) groups is 1. The molecule has 6 unspecified atom stereocenters. The molecule has 6 atom stereocenters. The lowest BCUT2D eigenvalue weighted by Crippen LogP contribution is -2.60. The number of rotatable bonds is 41. The summed E-state index contributed by atoms with van der Waals surface area (Å²) in [6, 6.07) is 0. The average molecular weight is 899 g/mol. The van der Waals surface area contributed by atoms with Gasteiger partial charge in [0.15, 0.2) is 6.29 Å². The van der Waals surface area contributed by atoms with Crippen molar-refractivity contribution in [1.29, 1.82) is 0 Å². The van der Waals surface area contributed by atoms with Crippen molar-refractivity contribution in [1.82, 2.24) is 0 Å². The highest BCUT2D eigenvalue weighted by Gasteiger charge is 2.48. The van der Waals surface area contributed by atoms with Crippen molar-refractivity contribution >= 4 is 16.4 Å². The molecule has 13 heteroatoms. The SMILES string of the molecule is CCC/C=C\C/C=C\CCCCCCCCOCC(COC1OC(CO)C(O)C(OS(=O)(=O)O)C1O)OC(=O)CCCCCCCC/C=C\C/C=C\C/C=C\CCCCCCC. The van der Waals surface area contributed by atoms with Crippen molar-refractivity contribution in [2.45, 2.75) is 218 Å². The molecular formula is C49H86O12S. The van der Waals surface area contributed by atoms with E-state index in [1.54, 1.807) is 0 Å². The molecule has 12 nitrogen and oxygen atoms in total. The van der Waals surface area contributed by atoms with E-state index >= 15 is 0 Å². The molecule has 1 rings (SSSR count). The minimum Gasteiger partial charge on any atom is -0.457 e. The summed E-state index contributed by atoms with van der Waals surface area (Å²) in [4.78, 5) is 12.9. The summed E-state index contributed by atoms with van der Waals surface area (Å²) in [5, 5.41) is 30.7. The fourth-order valence-electron chi connectivity index (χ4n) is 6.95. The molecule has 1 heterocycles. The minimum atomic E-state index is -5.07. The predicted molar refractivity (Wildman–Crippen MR) is 248 cm³/mol. The number of esters is 1. The number of carbonyl (C=O) groups excluding carboxylic acids is 1. The fourth-order valence-corrected chi connectivity index (χ4v) is 7.46. The lowest BCUT2D eigenvalue weighted by atomic mass is 9.99. The Morgan fingerprint density at radius 1 is 0.613 bits per heavy atom. The summed E-state index contributed by atoms with van der Waals surface area (Å²) < 4.78 is 59.1. The maximum Gasteiger partial charge on any atom is 0.397 e. The van der Waals surface area contributed by atoms with Crippen LogP contribution in [0.1, 0.15) is 181 Å². The quantitative estimate of drug-likeness (QED) is 0.0198. The van der Waals surface area contributed by atoms with E-state index in [1.807, 2.05) is 0 Å². The number of unbranched alkanes of at least 4 members (excludes halogenated alkanes) is 18. The normalized spacial score (nSPS) is 20.5. The van der Waals surface area contributed by atoms with Gasteiger partial charge in [-0.2, -0.15) is 8.42 Å². The van der Waals surface area contributed by atoms with Crippen molar-refractivity contribution in [3.05, 3.63) is 60.8 Å². The molecule has 0 aromatic heterocycles. The number of hydrogen-bond donors (Lipinski definition) is 4. The van der Waals surface area contributed by atoms with E-state index in [0.717, 1.165) is 96.3 Å². The van der Waals surface area contributed by atoms with Crippen LogP contribution in [0.5, 0.6) is 0 Å². The second-order valence-corrected chi connectivity index (χ2v) is 17.4. The second kappa shape index (κ2) is 40.3. The third-order valence-corrected chi connectivity index (χ3v) is 11.1. The molecule has 4 N–H and O–H groups in total. The lowest BCUT2D eigenvalue weighted by molar-refractivity contribution is -0.301. The lowest BCUT2D eigenvalue weighted by Gasteiger charge is -2.41. The summed E-state index contributed by atoms with van der Waals surface area (Å²) in [5.41, 5.74) is 0. The highest BCUT2D eigenvalue weighted by Crippen LogP contribution is 2.26. The Morgan fingerprint density at radius 3 is 1.61 bits per heavy atom. The molecule has 0 aromatic carbocycles. The first-order valence-corrected chi connectivity index (χ1v) is 25.4. The van der Waals surface area contributed by atoms with Gasteiger partial charge >= 0.3 is 16.4 Å². The zero-order chi connectivity index (χ0) is 45.4. The second-order valence-electron chi connectivity index (χ2n) is 16.3. The van der Waals surface area contributed by atoms with Gasteiger partial charge in [-0.3, -0.25) is 9.35 Å². The molecule has 1 saturated heterocycles. The van der Waals surface area contributed by atoms with Crippen LogP contribution in [0.15, 0.2) is 60.8 Å². The van der Waals surface area contributed by atoms with Crippen molar-refractivity contribution in [3.63, 3.8) is 0 Å². The molecule has 0 aromatic rings. The summed E-state index contributed by atoms with van der Waals surface area (Å²) in [7, 11) is -5.07. The molecule has 0 radical (unpaired) electrons. The van der Waals surface area contributed by atoms with Crippen LogP contribution in [-0.4, -0.2) is 97.5 Å². The topological polar surface area (TPSA) is 178 Å². The van der Waals surface area contributed by atoms with Gasteiger partial charge in [0.05, 0.1) is 19.8 Å². The highest BCUT2D eigenvalue weighted by molar-refractivity contribution is 7.80. The molecule has 1 fully saturated rings. The zero-order valence-electron chi connectivity index (χ0n) is 38.4. The van der Waals surface area contributed by atoms with Gasteiger partial charge in [-0.05, 0) is 77.0 Å². The van der Waals surface area contributed by atoms with Crippen molar-refractivity contribution in [3.8, 4) is 0 Å². The molecule has 0 amide bonds. The third kappa shape index (κ3) is 33.3. The highest BCUT2D eigenvalue weighted by atomic mass is 32.3. The summed E-state index contributed by atoms with van der Waals surface area (Å²) in [5.74, 6) is -0.417. The maximum atomic E-state index is 12.9. The van der Waals surface area contributed by atoms with Gasteiger partial charge in [0.25, 0.3) is 0 Å². The Labute approximate surface area is 376 Å². The third-order valence-electron chi connectivity index (χ3n) is 10.6.